The Hall–Kier alpha value is -3.20. The van der Waals surface area contributed by atoms with Crippen LogP contribution >= 0.6 is 11.6 Å². The van der Waals surface area contributed by atoms with Crippen LogP contribution in [0.15, 0.2) is 48.5 Å². The maximum atomic E-state index is 14.6. The first-order valence-corrected chi connectivity index (χ1v) is 12.3. The van der Waals surface area contributed by atoms with Crippen LogP contribution in [0.2, 0.25) is 5.02 Å². The Morgan fingerprint density at radius 1 is 1.03 bits per heavy atom. The molecule has 2 atom stereocenters. The van der Waals surface area contributed by atoms with E-state index >= 15 is 0 Å². The Morgan fingerprint density at radius 2 is 1.75 bits per heavy atom. The van der Waals surface area contributed by atoms with Crippen molar-refractivity contribution in [2.45, 2.75) is 25.0 Å². The predicted octanol–water partition coefficient (Wildman–Crippen LogP) is 3.90. The van der Waals surface area contributed by atoms with Gasteiger partial charge in [-0.2, -0.15) is 0 Å². The minimum absolute atomic E-state index is 0.00472. The highest BCUT2D eigenvalue weighted by Crippen LogP contribution is 2.36. The number of halogens is 2. The molecule has 0 radical (unpaired) electrons. The molecule has 1 amide bonds. The molecule has 9 heteroatoms. The van der Waals surface area contributed by atoms with Gasteiger partial charge in [0.1, 0.15) is 19.3 Å². The van der Waals surface area contributed by atoms with Crippen molar-refractivity contribution in [3.05, 3.63) is 70.5 Å². The standard InChI is InChI=1S/C27H26ClFN2O5/c28-20-6-5-16-11-18(4-3-17(16)12-20)25(33)27(34)30-22(15-31-7-1-2-8-31)24(32)19-13-21(29)26-23(14-19)35-9-10-36-26/h3-6,11-14,22,24,32H,1-2,7-10,15H2,(H,30,34)/t22-,24-/m1/s1. The molecule has 0 aliphatic carbocycles. The van der Waals surface area contributed by atoms with Crippen molar-refractivity contribution in [1.29, 1.82) is 0 Å². The van der Waals surface area contributed by atoms with Crippen LogP contribution in [0.4, 0.5) is 4.39 Å². The molecule has 5 rings (SSSR count). The summed E-state index contributed by atoms with van der Waals surface area (Å²) in [5.41, 5.74) is 0.457. The van der Waals surface area contributed by atoms with Gasteiger partial charge in [0.05, 0.1) is 6.04 Å². The lowest BCUT2D eigenvalue weighted by Crippen LogP contribution is -2.48. The zero-order valence-corrected chi connectivity index (χ0v) is 20.3. The number of ketones is 1. The van der Waals surface area contributed by atoms with E-state index in [2.05, 4.69) is 10.2 Å². The Morgan fingerprint density at radius 3 is 2.56 bits per heavy atom. The number of amides is 1. The van der Waals surface area contributed by atoms with Gasteiger partial charge in [0.2, 0.25) is 5.78 Å². The van der Waals surface area contributed by atoms with Gasteiger partial charge in [0, 0.05) is 17.1 Å². The molecule has 2 aliphatic rings. The molecule has 2 heterocycles. The van der Waals surface area contributed by atoms with Gasteiger partial charge in [-0.05, 0) is 72.6 Å². The van der Waals surface area contributed by atoms with Gasteiger partial charge in [-0.25, -0.2) is 4.39 Å². The van der Waals surface area contributed by atoms with E-state index in [0.717, 1.165) is 36.7 Å². The third-order valence-electron chi connectivity index (χ3n) is 6.58. The topological polar surface area (TPSA) is 88.1 Å². The van der Waals surface area contributed by atoms with Crippen molar-refractivity contribution < 1.29 is 28.6 Å². The van der Waals surface area contributed by atoms with Crippen LogP contribution in [0.25, 0.3) is 10.8 Å². The molecule has 3 aromatic carbocycles. The molecule has 3 aromatic rings. The van der Waals surface area contributed by atoms with Crippen LogP contribution in [-0.2, 0) is 4.79 Å². The summed E-state index contributed by atoms with van der Waals surface area (Å²) < 4.78 is 25.5. The minimum Gasteiger partial charge on any atom is -0.486 e. The van der Waals surface area contributed by atoms with Gasteiger partial charge in [0.25, 0.3) is 5.91 Å². The van der Waals surface area contributed by atoms with Crippen LogP contribution in [0.3, 0.4) is 0 Å². The fraction of sp³-hybridized carbons (Fsp3) is 0.333. The highest BCUT2D eigenvalue weighted by Gasteiger charge is 2.31. The van der Waals surface area contributed by atoms with E-state index < -0.39 is 29.7 Å². The van der Waals surface area contributed by atoms with Crippen LogP contribution < -0.4 is 14.8 Å². The first kappa shape index (κ1) is 24.5. The lowest BCUT2D eigenvalue weighted by molar-refractivity contribution is -0.118. The Labute approximate surface area is 212 Å². The predicted molar refractivity (Wildman–Crippen MR) is 133 cm³/mol. The monoisotopic (exact) mass is 512 g/mol. The SMILES string of the molecule is O=C(N[C@H](CN1CCCC1)[C@H](O)c1cc(F)c2c(c1)OCCO2)C(=O)c1ccc2cc(Cl)ccc2c1. The number of carbonyl (C=O) groups is 2. The van der Waals surface area contributed by atoms with E-state index in [0.29, 0.717) is 11.6 Å². The molecule has 2 aliphatic heterocycles. The zero-order valence-electron chi connectivity index (χ0n) is 19.5. The lowest BCUT2D eigenvalue weighted by atomic mass is 9.99. The summed E-state index contributed by atoms with van der Waals surface area (Å²) in [5.74, 6) is -2.01. The zero-order chi connectivity index (χ0) is 25.2. The van der Waals surface area contributed by atoms with Crippen LogP contribution in [0.1, 0.15) is 34.9 Å². The summed E-state index contributed by atoms with van der Waals surface area (Å²) in [6.45, 7) is 2.45. The summed E-state index contributed by atoms with van der Waals surface area (Å²) in [4.78, 5) is 28.1. The van der Waals surface area contributed by atoms with E-state index in [1.807, 2.05) is 0 Å². The second kappa shape index (κ2) is 10.4. The molecule has 36 heavy (non-hydrogen) atoms. The van der Waals surface area contributed by atoms with E-state index in [-0.39, 0.29) is 35.8 Å². The molecule has 0 spiro atoms. The molecule has 0 unspecified atom stereocenters. The molecule has 0 aromatic heterocycles. The molecular weight excluding hydrogens is 487 g/mol. The quantitative estimate of drug-likeness (QED) is 0.369. The van der Waals surface area contributed by atoms with Gasteiger partial charge in [-0.15, -0.1) is 0 Å². The maximum Gasteiger partial charge on any atom is 0.292 e. The van der Waals surface area contributed by atoms with Crippen molar-refractivity contribution in [3.63, 3.8) is 0 Å². The molecule has 0 saturated carbocycles. The number of hydrogen-bond acceptors (Lipinski definition) is 6. The number of fused-ring (bicyclic) bond motifs is 2. The molecular formula is C27H26ClFN2O5. The molecule has 2 N–H and O–H groups in total. The number of benzene rings is 3. The highest BCUT2D eigenvalue weighted by atomic mass is 35.5. The number of likely N-dealkylation sites (tertiary alicyclic amines) is 1. The van der Waals surface area contributed by atoms with E-state index in [1.54, 1.807) is 36.4 Å². The maximum absolute atomic E-state index is 14.6. The fourth-order valence-electron chi connectivity index (χ4n) is 4.72. The number of nitrogens with zero attached hydrogens (tertiary/aromatic N) is 1. The first-order chi connectivity index (χ1) is 17.4. The van der Waals surface area contributed by atoms with Crippen molar-refractivity contribution in [2.75, 3.05) is 32.8 Å². The van der Waals surface area contributed by atoms with E-state index in [4.69, 9.17) is 21.1 Å². The third kappa shape index (κ3) is 5.16. The molecule has 1 fully saturated rings. The number of ether oxygens (including phenoxy) is 2. The average molecular weight is 513 g/mol. The highest BCUT2D eigenvalue weighted by molar-refractivity contribution is 6.43. The minimum atomic E-state index is -1.27. The van der Waals surface area contributed by atoms with Gasteiger partial charge >= 0.3 is 0 Å². The van der Waals surface area contributed by atoms with Crippen LogP contribution in [-0.4, -0.2) is 60.6 Å². The van der Waals surface area contributed by atoms with Gasteiger partial charge in [-0.3, -0.25) is 9.59 Å². The van der Waals surface area contributed by atoms with Crippen molar-refractivity contribution in [2.24, 2.45) is 0 Å². The number of nitrogens with one attached hydrogen (secondary N) is 1. The second-order valence-corrected chi connectivity index (χ2v) is 9.53. The molecule has 1 saturated heterocycles. The Balaban J connectivity index is 1.38. The number of rotatable bonds is 7. The first-order valence-electron chi connectivity index (χ1n) is 11.9. The third-order valence-corrected chi connectivity index (χ3v) is 6.82. The summed E-state index contributed by atoms with van der Waals surface area (Å²) in [7, 11) is 0. The number of aliphatic hydroxyl groups excluding tert-OH is 1. The number of carbonyl (C=O) groups excluding carboxylic acids is 2. The Bertz CT molecular complexity index is 1310. The van der Waals surface area contributed by atoms with Crippen LogP contribution in [0, 0.1) is 5.82 Å². The average Bonchev–Trinajstić information content (AvgIpc) is 3.40. The molecule has 0 bridgehead atoms. The Kier molecular flexibility index (Phi) is 7.09. The van der Waals surface area contributed by atoms with Gasteiger partial charge in [0.15, 0.2) is 17.3 Å². The second-order valence-electron chi connectivity index (χ2n) is 9.09. The van der Waals surface area contributed by atoms with Gasteiger partial charge in [-0.1, -0.05) is 29.8 Å². The van der Waals surface area contributed by atoms with Crippen molar-refractivity contribution >= 4 is 34.1 Å². The summed E-state index contributed by atoms with van der Waals surface area (Å²) >= 11 is 6.03. The smallest absolute Gasteiger partial charge is 0.292 e. The van der Waals surface area contributed by atoms with Gasteiger partial charge < -0.3 is 24.8 Å². The normalized spacial score (nSPS) is 17.1. The largest absolute Gasteiger partial charge is 0.486 e. The molecule has 188 valence electrons. The van der Waals surface area contributed by atoms with Crippen molar-refractivity contribution in [3.8, 4) is 11.5 Å². The number of Topliss-reactive ketones (excluding diaryl/α,β-unsaturated/α-hetero) is 1. The summed E-state index contributed by atoms with van der Waals surface area (Å²) in [6.07, 6.45) is 0.747. The fourth-order valence-corrected chi connectivity index (χ4v) is 4.91. The van der Waals surface area contributed by atoms with Crippen molar-refractivity contribution in [1.82, 2.24) is 10.2 Å². The summed E-state index contributed by atoms with van der Waals surface area (Å²) in [5, 5.41) is 16.1. The molecule has 7 nitrogen and oxygen atoms in total. The van der Waals surface area contributed by atoms with E-state index in [1.165, 1.54) is 12.1 Å². The van der Waals surface area contributed by atoms with Crippen LogP contribution in [0.5, 0.6) is 11.5 Å². The lowest BCUT2D eigenvalue weighted by Gasteiger charge is -2.29. The number of hydrogen-bond donors (Lipinski definition) is 2. The number of aliphatic hydroxyl groups is 1. The van der Waals surface area contributed by atoms with E-state index in [9.17, 15) is 19.1 Å². The summed E-state index contributed by atoms with van der Waals surface area (Å²) in [6, 6.07) is 12.1.